The number of nitrogens with one attached hydrogen (secondary N) is 1. The van der Waals surface area contributed by atoms with Crippen molar-refractivity contribution in [1.82, 2.24) is 9.97 Å². The van der Waals surface area contributed by atoms with Crippen molar-refractivity contribution < 1.29 is 0 Å². The Labute approximate surface area is 130 Å². The van der Waals surface area contributed by atoms with Gasteiger partial charge in [0, 0.05) is 28.6 Å². The van der Waals surface area contributed by atoms with Crippen molar-refractivity contribution in [1.29, 1.82) is 0 Å². The molecule has 3 heteroatoms. The van der Waals surface area contributed by atoms with Gasteiger partial charge in [-0.2, -0.15) is 0 Å². The number of aromatic amines is 1. The monoisotopic (exact) mass is 287 g/mol. The molecule has 108 valence electrons. The molecule has 0 unspecified atom stereocenters. The Morgan fingerprint density at radius 2 is 1.77 bits per heavy atom. The highest BCUT2D eigenvalue weighted by Gasteiger charge is 2.12. The third-order valence-electron chi connectivity index (χ3n) is 3.56. The smallest absolute Gasteiger partial charge is 0.124 e. The zero-order chi connectivity index (χ0) is 15.5. The maximum atomic E-state index is 5.84. The summed E-state index contributed by atoms with van der Waals surface area (Å²) in [4.78, 5) is 7.66. The van der Waals surface area contributed by atoms with Gasteiger partial charge in [0.2, 0.25) is 0 Å². The van der Waals surface area contributed by atoms with Gasteiger partial charge in [-0.1, -0.05) is 24.1 Å². The molecule has 0 aliphatic heterocycles. The van der Waals surface area contributed by atoms with Crippen LogP contribution in [-0.4, -0.2) is 9.97 Å². The second kappa shape index (κ2) is 5.79. The predicted octanol–water partition coefficient (Wildman–Crippen LogP) is 3.68. The van der Waals surface area contributed by atoms with Crippen LogP contribution in [0.3, 0.4) is 0 Å². The number of aryl methyl sites for hydroxylation is 2. The molecule has 0 bridgehead atoms. The van der Waals surface area contributed by atoms with E-state index in [4.69, 9.17) is 5.73 Å². The molecule has 2 heterocycles. The Morgan fingerprint density at radius 1 is 1.00 bits per heavy atom. The molecular formula is C19H17N3. The number of rotatable bonds is 1. The number of hydrogen-bond donors (Lipinski definition) is 2. The molecule has 0 saturated heterocycles. The Kier molecular flexibility index (Phi) is 3.67. The Balaban J connectivity index is 2.12. The molecule has 0 radical (unpaired) electrons. The third kappa shape index (κ3) is 2.72. The number of nitrogens with zero attached hydrogens (tertiary/aromatic N) is 1. The molecule has 0 atom stereocenters. The van der Waals surface area contributed by atoms with Crippen LogP contribution in [0.25, 0.3) is 11.1 Å². The SMILES string of the molecule is Cc1c[nH]c(C)c1-c1ccc(N)nc1C#Cc1ccccc1. The van der Waals surface area contributed by atoms with E-state index in [2.05, 4.69) is 28.7 Å². The van der Waals surface area contributed by atoms with E-state index in [1.807, 2.05) is 55.6 Å². The summed E-state index contributed by atoms with van der Waals surface area (Å²) in [6.07, 6.45) is 2.00. The first-order valence-electron chi connectivity index (χ1n) is 7.13. The first-order chi connectivity index (χ1) is 10.6. The summed E-state index contributed by atoms with van der Waals surface area (Å²) in [5, 5.41) is 0. The molecule has 3 aromatic rings. The number of aromatic nitrogens is 2. The number of H-pyrrole nitrogens is 1. The van der Waals surface area contributed by atoms with Gasteiger partial charge >= 0.3 is 0 Å². The normalized spacial score (nSPS) is 10.1. The van der Waals surface area contributed by atoms with E-state index < -0.39 is 0 Å². The first-order valence-corrected chi connectivity index (χ1v) is 7.13. The minimum atomic E-state index is 0.479. The minimum Gasteiger partial charge on any atom is -0.384 e. The van der Waals surface area contributed by atoms with Crippen LogP contribution in [0.1, 0.15) is 22.5 Å². The van der Waals surface area contributed by atoms with Crippen molar-refractivity contribution in [3.05, 3.63) is 71.2 Å². The van der Waals surface area contributed by atoms with Gasteiger partial charge in [0.05, 0.1) is 0 Å². The van der Waals surface area contributed by atoms with Gasteiger partial charge in [-0.25, -0.2) is 4.98 Å². The summed E-state index contributed by atoms with van der Waals surface area (Å²) in [6.45, 7) is 4.12. The quantitative estimate of drug-likeness (QED) is 0.671. The van der Waals surface area contributed by atoms with Crippen LogP contribution >= 0.6 is 0 Å². The molecule has 0 spiro atoms. The van der Waals surface area contributed by atoms with E-state index in [1.54, 1.807) is 0 Å². The highest BCUT2D eigenvalue weighted by Crippen LogP contribution is 2.29. The second-order valence-corrected chi connectivity index (χ2v) is 5.22. The third-order valence-corrected chi connectivity index (χ3v) is 3.56. The average molecular weight is 287 g/mol. The lowest BCUT2D eigenvalue weighted by Gasteiger charge is -2.06. The van der Waals surface area contributed by atoms with Crippen LogP contribution in [0.15, 0.2) is 48.7 Å². The molecule has 1 aromatic carbocycles. The lowest BCUT2D eigenvalue weighted by molar-refractivity contribution is 1.25. The molecule has 3 nitrogen and oxygen atoms in total. The van der Waals surface area contributed by atoms with Crippen LogP contribution in [0, 0.1) is 25.7 Å². The lowest BCUT2D eigenvalue weighted by atomic mass is 10.0. The number of hydrogen-bond acceptors (Lipinski definition) is 2. The summed E-state index contributed by atoms with van der Waals surface area (Å²) < 4.78 is 0. The zero-order valence-electron chi connectivity index (χ0n) is 12.6. The van der Waals surface area contributed by atoms with E-state index in [0.717, 1.165) is 22.4 Å². The Bertz CT molecular complexity index is 845. The van der Waals surface area contributed by atoms with Crippen LogP contribution < -0.4 is 5.73 Å². The van der Waals surface area contributed by atoms with Crippen LogP contribution in [0.2, 0.25) is 0 Å². The summed E-state index contributed by atoms with van der Waals surface area (Å²) in [6, 6.07) is 13.7. The minimum absolute atomic E-state index is 0.479. The summed E-state index contributed by atoms with van der Waals surface area (Å²) in [5.41, 5.74) is 11.9. The van der Waals surface area contributed by atoms with Gasteiger partial charge < -0.3 is 10.7 Å². The van der Waals surface area contributed by atoms with Gasteiger partial charge in [-0.3, -0.25) is 0 Å². The molecule has 0 saturated carbocycles. The standard InChI is InChI=1S/C19H17N3/c1-13-12-21-14(2)19(13)16-9-11-18(20)22-17(16)10-8-15-6-4-3-5-7-15/h3-7,9,11-12,21H,1-2H3,(H2,20,22). The van der Waals surface area contributed by atoms with E-state index in [9.17, 15) is 0 Å². The predicted molar refractivity (Wildman–Crippen MR) is 90.3 cm³/mol. The van der Waals surface area contributed by atoms with E-state index >= 15 is 0 Å². The molecule has 0 amide bonds. The van der Waals surface area contributed by atoms with Crippen molar-refractivity contribution in [3.63, 3.8) is 0 Å². The van der Waals surface area contributed by atoms with Crippen molar-refractivity contribution in [3.8, 4) is 23.0 Å². The van der Waals surface area contributed by atoms with E-state index in [1.165, 1.54) is 5.56 Å². The van der Waals surface area contributed by atoms with Crippen LogP contribution in [-0.2, 0) is 0 Å². The van der Waals surface area contributed by atoms with Gasteiger partial charge in [0.15, 0.2) is 0 Å². The van der Waals surface area contributed by atoms with Gasteiger partial charge in [-0.15, -0.1) is 0 Å². The van der Waals surface area contributed by atoms with Crippen LogP contribution in [0.5, 0.6) is 0 Å². The summed E-state index contributed by atoms with van der Waals surface area (Å²) in [7, 11) is 0. The van der Waals surface area contributed by atoms with Crippen LogP contribution in [0.4, 0.5) is 5.82 Å². The molecule has 2 aromatic heterocycles. The lowest BCUT2D eigenvalue weighted by Crippen LogP contribution is -1.96. The fraction of sp³-hybridized carbons (Fsp3) is 0.105. The van der Waals surface area contributed by atoms with Gasteiger partial charge in [0.25, 0.3) is 0 Å². The highest BCUT2D eigenvalue weighted by molar-refractivity contribution is 5.75. The maximum absolute atomic E-state index is 5.84. The van der Waals surface area contributed by atoms with E-state index in [-0.39, 0.29) is 0 Å². The topological polar surface area (TPSA) is 54.7 Å². The summed E-state index contributed by atoms with van der Waals surface area (Å²) >= 11 is 0. The molecule has 0 aliphatic carbocycles. The van der Waals surface area contributed by atoms with Crippen molar-refractivity contribution >= 4 is 5.82 Å². The number of pyridine rings is 1. The largest absolute Gasteiger partial charge is 0.384 e. The molecule has 3 N–H and O–H groups in total. The van der Waals surface area contributed by atoms with Crippen molar-refractivity contribution in [2.45, 2.75) is 13.8 Å². The van der Waals surface area contributed by atoms with Gasteiger partial charge in [-0.05, 0) is 49.6 Å². The molecule has 0 fully saturated rings. The maximum Gasteiger partial charge on any atom is 0.124 e. The summed E-state index contributed by atoms with van der Waals surface area (Å²) in [5.74, 6) is 6.79. The first kappa shape index (κ1) is 14.0. The second-order valence-electron chi connectivity index (χ2n) is 5.22. The fourth-order valence-electron chi connectivity index (χ4n) is 2.50. The van der Waals surface area contributed by atoms with Crippen molar-refractivity contribution in [2.24, 2.45) is 0 Å². The molecule has 22 heavy (non-hydrogen) atoms. The fourth-order valence-corrected chi connectivity index (χ4v) is 2.50. The number of anilines is 1. The van der Waals surface area contributed by atoms with Crippen molar-refractivity contribution in [2.75, 3.05) is 5.73 Å². The van der Waals surface area contributed by atoms with E-state index in [0.29, 0.717) is 11.5 Å². The zero-order valence-corrected chi connectivity index (χ0v) is 12.6. The molecular weight excluding hydrogens is 270 g/mol. The number of benzene rings is 1. The average Bonchev–Trinajstić information content (AvgIpc) is 2.86. The number of nitrogens with two attached hydrogens (primary N) is 1. The number of nitrogen functional groups attached to an aromatic ring is 1. The molecule has 3 rings (SSSR count). The Morgan fingerprint density at radius 3 is 2.45 bits per heavy atom. The molecule has 0 aliphatic rings. The Hall–Kier alpha value is -2.99. The van der Waals surface area contributed by atoms with Gasteiger partial charge in [0.1, 0.15) is 11.5 Å². The highest BCUT2D eigenvalue weighted by atomic mass is 14.8.